The van der Waals surface area contributed by atoms with Crippen molar-refractivity contribution in [2.75, 3.05) is 13.1 Å². The Balaban J connectivity index is 1.51. The average molecular weight is 343 g/mol. The normalized spacial score (nSPS) is 18.9. The quantitative estimate of drug-likeness (QED) is 0.792. The first kappa shape index (κ1) is 15.4. The van der Waals surface area contributed by atoms with E-state index in [0.717, 1.165) is 12.8 Å². The predicted molar refractivity (Wildman–Crippen MR) is 82.9 cm³/mol. The van der Waals surface area contributed by atoms with Gasteiger partial charge in [-0.25, -0.2) is 4.79 Å². The summed E-state index contributed by atoms with van der Waals surface area (Å²) in [5.74, 6) is -0.562. The molecule has 2 aliphatic rings. The molecule has 0 aromatic heterocycles. The molecule has 0 atom stereocenters. The molecule has 1 saturated heterocycles. The van der Waals surface area contributed by atoms with Gasteiger partial charge in [-0.2, -0.15) is 5.48 Å². The van der Waals surface area contributed by atoms with Crippen LogP contribution >= 0.6 is 23.2 Å². The van der Waals surface area contributed by atoms with Crippen molar-refractivity contribution in [3.63, 3.8) is 0 Å². The lowest BCUT2D eigenvalue weighted by Gasteiger charge is -2.30. The Labute approximate surface area is 138 Å². The number of carbonyl (C=O) groups excluding carboxylic acids is 2. The number of likely N-dealkylation sites (tertiary alicyclic amines) is 1. The summed E-state index contributed by atoms with van der Waals surface area (Å²) in [6.07, 6.45) is 4.03. The molecule has 2 fully saturated rings. The number of nitrogens with zero attached hydrogens (tertiary/aromatic N) is 1. The van der Waals surface area contributed by atoms with E-state index < -0.39 is 12.0 Å². The maximum atomic E-state index is 11.9. The van der Waals surface area contributed by atoms with Crippen molar-refractivity contribution in [2.24, 2.45) is 5.41 Å². The summed E-state index contributed by atoms with van der Waals surface area (Å²) in [4.78, 5) is 30.3. The van der Waals surface area contributed by atoms with Crippen molar-refractivity contribution in [1.29, 1.82) is 0 Å². The number of hydrogen-bond acceptors (Lipinski definition) is 3. The van der Waals surface area contributed by atoms with Crippen LogP contribution in [0.4, 0.5) is 4.79 Å². The van der Waals surface area contributed by atoms with Gasteiger partial charge in [-0.05, 0) is 49.3 Å². The molecule has 0 bridgehead atoms. The number of amides is 2. The van der Waals surface area contributed by atoms with Gasteiger partial charge in [0.25, 0.3) is 5.91 Å². The lowest BCUT2D eigenvalue weighted by Crippen LogP contribution is -2.42. The van der Waals surface area contributed by atoms with E-state index >= 15 is 0 Å². The minimum Gasteiger partial charge on any atom is -0.321 e. The third-order valence-corrected chi connectivity index (χ3v) is 4.83. The highest BCUT2D eigenvalue weighted by molar-refractivity contribution is 6.35. The van der Waals surface area contributed by atoms with Gasteiger partial charge in [0.2, 0.25) is 0 Å². The van der Waals surface area contributed by atoms with E-state index in [4.69, 9.17) is 28.0 Å². The number of hydrogen-bond donors (Lipinski definition) is 1. The Bertz CT molecular complexity index is 587. The smallest absolute Gasteiger partial charge is 0.321 e. The topological polar surface area (TPSA) is 58.6 Å². The van der Waals surface area contributed by atoms with E-state index in [1.165, 1.54) is 31.0 Å². The Morgan fingerprint density at radius 1 is 1.05 bits per heavy atom. The van der Waals surface area contributed by atoms with Gasteiger partial charge in [-0.15, -0.1) is 0 Å². The first-order valence-corrected chi connectivity index (χ1v) is 7.95. The van der Waals surface area contributed by atoms with Crippen molar-refractivity contribution in [3.05, 3.63) is 33.8 Å². The Hall–Kier alpha value is -1.46. The number of piperidine rings is 1. The summed E-state index contributed by atoms with van der Waals surface area (Å²) in [5.41, 5.74) is 2.86. The van der Waals surface area contributed by atoms with Crippen LogP contribution in [-0.4, -0.2) is 30.0 Å². The van der Waals surface area contributed by atoms with Gasteiger partial charge in [-0.3, -0.25) is 4.79 Å². The summed E-state index contributed by atoms with van der Waals surface area (Å²) < 4.78 is 0. The largest absolute Gasteiger partial charge is 0.434 e. The maximum Gasteiger partial charge on any atom is 0.434 e. The fraction of sp³-hybridized carbons (Fsp3) is 0.467. The van der Waals surface area contributed by atoms with Crippen LogP contribution < -0.4 is 5.48 Å². The second-order valence-corrected chi connectivity index (χ2v) is 6.82. The van der Waals surface area contributed by atoms with Gasteiger partial charge in [0.05, 0.1) is 0 Å². The zero-order chi connectivity index (χ0) is 15.7. The second-order valence-electron chi connectivity index (χ2n) is 5.94. The molecular weight excluding hydrogens is 327 g/mol. The molecule has 1 aliphatic heterocycles. The fourth-order valence-electron chi connectivity index (χ4n) is 2.74. The molecule has 118 valence electrons. The van der Waals surface area contributed by atoms with E-state index in [1.54, 1.807) is 4.90 Å². The molecule has 1 aliphatic carbocycles. The van der Waals surface area contributed by atoms with Crippen LogP contribution in [0, 0.1) is 5.41 Å². The molecule has 7 heteroatoms. The number of carbonyl (C=O) groups is 2. The van der Waals surface area contributed by atoms with Crippen molar-refractivity contribution in [2.45, 2.75) is 25.7 Å². The molecular formula is C15H16Cl2N2O3. The molecule has 1 aromatic rings. The minimum atomic E-state index is -0.562. The zero-order valence-corrected chi connectivity index (χ0v) is 13.4. The Kier molecular flexibility index (Phi) is 4.19. The molecule has 1 spiro atoms. The fourth-order valence-corrected chi connectivity index (χ4v) is 3.26. The molecule has 5 nitrogen and oxygen atoms in total. The lowest BCUT2D eigenvalue weighted by atomic mass is 9.94. The highest BCUT2D eigenvalue weighted by atomic mass is 35.5. The molecule has 1 heterocycles. The van der Waals surface area contributed by atoms with Crippen molar-refractivity contribution < 1.29 is 14.4 Å². The summed E-state index contributed by atoms with van der Waals surface area (Å²) in [7, 11) is 0. The maximum absolute atomic E-state index is 11.9. The first-order valence-electron chi connectivity index (χ1n) is 7.20. The van der Waals surface area contributed by atoms with E-state index in [0.29, 0.717) is 28.5 Å². The van der Waals surface area contributed by atoms with Gasteiger partial charge in [0, 0.05) is 28.7 Å². The predicted octanol–water partition coefficient (Wildman–Crippen LogP) is 3.65. The van der Waals surface area contributed by atoms with E-state index in [9.17, 15) is 9.59 Å². The highest BCUT2D eigenvalue weighted by Crippen LogP contribution is 2.53. The number of nitrogens with one attached hydrogen (secondary N) is 1. The first-order chi connectivity index (χ1) is 10.5. The van der Waals surface area contributed by atoms with Gasteiger partial charge in [0.1, 0.15) is 0 Å². The Morgan fingerprint density at radius 2 is 1.64 bits per heavy atom. The standard InChI is InChI=1S/C15H16Cl2N2O3/c16-11-7-10(8-12(17)9-11)13(20)18-22-14(21)19-5-3-15(1-2-15)4-6-19/h7-9H,1-6H2,(H,18,20). The zero-order valence-electron chi connectivity index (χ0n) is 11.9. The van der Waals surface area contributed by atoms with Crippen LogP contribution in [0.5, 0.6) is 0 Å². The van der Waals surface area contributed by atoms with Crippen LogP contribution in [0.1, 0.15) is 36.0 Å². The third-order valence-electron chi connectivity index (χ3n) is 4.40. The molecule has 0 radical (unpaired) electrons. The molecule has 22 heavy (non-hydrogen) atoms. The summed E-state index contributed by atoms with van der Waals surface area (Å²) in [5, 5.41) is 0.685. The number of hydroxylamine groups is 1. The van der Waals surface area contributed by atoms with Crippen LogP contribution in [-0.2, 0) is 4.84 Å². The molecule has 1 N–H and O–H groups in total. The van der Waals surface area contributed by atoms with Gasteiger partial charge in [0.15, 0.2) is 0 Å². The van der Waals surface area contributed by atoms with Crippen LogP contribution in [0.15, 0.2) is 18.2 Å². The van der Waals surface area contributed by atoms with E-state index in [-0.39, 0.29) is 5.56 Å². The van der Waals surface area contributed by atoms with E-state index in [1.807, 2.05) is 0 Å². The Morgan fingerprint density at radius 3 is 2.18 bits per heavy atom. The monoisotopic (exact) mass is 342 g/mol. The summed E-state index contributed by atoms with van der Waals surface area (Å²) in [6, 6.07) is 4.43. The van der Waals surface area contributed by atoms with Gasteiger partial charge >= 0.3 is 6.09 Å². The van der Waals surface area contributed by atoms with Gasteiger partial charge < -0.3 is 9.74 Å². The molecule has 1 saturated carbocycles. The van der Waals surface area contributed by atoms with E-state index in [2.05, 4.69) is 5.48 Å². The minimum absolute atomic E-state index is 0.237. The van der Waals surface area contributed by atoms with Crippen molar-refractivity contribution in [3.8, 4) is 0 Å². The molecule has 0 unspecified atom stereocenters. The molecule has 3 rings (SSSR count). The highest BCUT2D eigenvalue weighted by Gasteiger charge is 2.45. The summed E-state index contributed by atoms with van der Waals surface area (Å²) >= 11 is 11.7. The lowest BCUT2D eigenvalue weighted by molar-refractivity contribution is 0.0358. The van der Waals surface area contributed by atoms with Crippen LogP contribution in [0.3, 0.4) is 0 Å². The summed E-state index contributed by atoms with van der Waals surface area (Å²) in [6.45, 7) is 1.36. The SMILES string of the molecule is O=C(NOC(=O)N1CCC2(CC1)CC2)c1cc(Cl)cc(Cl)c1. The number of halogens is 2. The van der Waals surface area contributed by atoms with Crippen LogP contribution in [0.25, 0.3) is 0 Å². The van der Waals surface area contributed by atoms with Crippen molar-refractivity contribution in [1.82, 2.24) is 10.4 Å². The molecule has 2 amide bonds. The van der Waals surface area contributed by atoms with Gasteiger partial charge in [-0.1, -0.05) is 23.2 Å². The van der Waals surface area contributed by atoms with Crippen LogP contribution in [0.2, 0.25) is 10.0 Å². The number of rotatable bonds is 1. The number of benzene rings is 1. The molecule has 1 aromatic carbocycles. The van der Waals surface area contributed by atoms with Crippen molar-refractivity contribution >= 4 is 35.2 Å². The third kappa shape index (κ3) is 3.47. The second kappa shape index (κ2) is 5.97. The average Bonchev–Trinajstić information content (AvgIpc) is 3.23.